The van der Waals surface area contributed by atoms with Gasteiger partial charge in [-0.1, -0.05) is 38.1 Å². The van der Waals surface area contributed by atoms with Gasteiger partial charge < -0.3 is 15.4 Å². The van der Waals surface area contributed by atoms with Gasteiger partial charge in [0.1, 0.15) is 5.00 Å². The molecule has 3 rings (SSSR count). The maximum Gasteiger partial charge on any atom is 0.341 e. The third-order valence-electron chi connectivity index (χ3n) is 5.50. The molecule has 6 heteroatoms. The predicted molar refractivity (Wildman–Crippen MR) is 121 cm³/mol. The highest BCUT2D eigenvalue weighted by atomic mass is 32.1. The molecule has 28 heavy (non-hydrogen) atoms. The lowest BCUT2D eigenvalue weighted by Crippen LogP contribution is -2.31. The van der Waals surface area contributed by atoms with Crippen LogP contribution in [0.1, 0.15) is 77.5 Å². The summed E-state index contributed by atoms with van der Waals surface area (Å²) in [5.41, 5.74) is 4.30. The molecule has 1 aromatic carbocycles. The molecule has 2 aromatic rings. The van der Waals surface area contributed by atoms with Crippen LogP contribution in [0.15, 0.2) is 24.3 Å². The number of carbonyl (C=O) groups excluding carboxylic acids is 1. The van der Waals surface area contributed by atoms with Crippen LogP contribution < -0.4 is 10.6 Å². The van der Waals surface area contributed by atoms with E-state index in [-0.39, 0.29) is 12.0 Å². The number of thiocarbonyl (C=S) groups is 1. The van der Waals surface area contributed by atoms with Gasteiger partial charge in [0.05, 0.1) is 18.7 Å². The van der Waals surface area contributed by atoms with Gasteiger partial charge in [0.2, 0.25) is 0 Å². The van der Waals surface area contributed by atoms with Gasteiger partial charge in [0, 0.05) is 4.88 Å². The number of aryl methyl sites for hydroxylation is 1. The van der Waals surface area contributed by atoms with Crippen molar-refractivity contribution in [1.29, 1.82) is 0 Å². The van der Waals surface area contributed by atoms with Crippen molar-refractivity contribution in [3.63, 3.8) is 0 Å². The zero-order valence-corrected chi connectivity index (χ0v) is 18.6. The van der Waals surface area contributed by atoms with Crippen molar-refractivity contribution in [3.05, 3.63) is 51.4 Å². The van der Waals surface area contributed by atoms with E-state index in [1.54, 1.807) is 11.3 Å². The third-order valence-corrected chi connectivity index (χ3v) is 6.93. The fourth-order valence-electron chi connectivity index (χ4n) is 3.58. The number of anilines is 1. The van der Waals surface area contributed by atoms with Crippen molar-refractivity contribution in [2.75, 3.05) is 12.4 Å². The summed E-state index contributed by atoms with van der Waals surface area (Å²) in [5, 5.41) is 7.87. The Hall–Kier alpha value is -1.92. The molecule has 2 N–H and O–H groups in total. The highest BCUT2D eigenvalue weighted by Gasteiger charge is 2.27. The summed E-state index contributed by atoms with van der Waals surface area (Å²) in [7, 11) is 1.42. The number of carbonyl (C=O) groups is 1. The average molecular weight is 417 g/mol. The normalized spacial score (nSPS) is 14.9. The minimum Gasteiger partial charge on any atom is -0.465 e. The summed E-state index contributed by atoms with van der Waals surface area (Å²) < 4.78 is 5.00. The molecule has 4 nitrogen and oxygen atoms in total. The second kappa shape index (κ2) is 9.05. The minimum absolute atomic E-state index is 0.0689. The number of methoxy groups -OCH3 is 1. The van der Waals surface area contributed by atoms with Crippen molar-refractivity contribution < 1.29 is 9.53 Å². The van der Waals surface area contributed by atoms with Crippen molar-refractivity contribution >= 4 is 39.6 Å². The highest BCUT2D eigenvalue weighted by Crippen LogP contribution is 2.39. The van der Waals surface area contributed by atoms with Crippen LogP contribution in [0, 0.1) is 0 Å². The lowest BCUT2D eigenvalue weighted by molar-refractivity contribution is 0.0601. The molecule has 1 aromatic heterocycles. The smallest absolute Gasteiger partial charge is 0.341 e. The molecular weight excluding hydrogens is 388 g/mol. The zero-order chi connectivity index (χ0) is 20.3. The van der Waals surface area contributed by atoms with Crippen molar-refractivity contribution in [2.24, 2.45) is 0 Å². The van der Waals surface area contributed by atoms with E-state index in [0.29, 0.717) is 16.6 Å². The first-order valence-corrected chi connectivity index (χ1v) is 11.1. The molecule has 0 spiro atoms. The van der Waals surface area contributed by atoms with E-state index in [0.717, 1.165) is 36.2 Å². The first kappa shape index (κ1) is 20.8. The number of fused-ring (bicyclic) bond motifs is 1. The average Bonchev–Trinajstić information content (AvgIpc) is 3.27. The minimum atomic E-state index is -0.293. The van der Waals surface area contributed by atoms with Crippen LogP contribution in [0.5, 0.6) is 0 Å². The van der Waals surface area contributed by atoms with Crippen LogP contribution in [-0.4, -0.2) is 18.2 Å². The summed E-state index contributed by atoms with van der Waals surface area (Å²) in [6, 6.07) is 8.76. The Bertz CT molecular complexity index is 858. The Morgan fingerprint density at radius 2 is 1.89 bits per heavy atom. The first-order valence-electron chi connectivity index (χ1n) is 9.84. The molecule has 0 radical (unpaired) electrons. The van der Waals surface area contributed by atoms with E-state index < -0.39 is 0 Å². The molecule has 0 fully saturated rings. The van der Waals surface area contributed by atoms with E-state index in [2.05, 4.69) is 55.7 Å². The molecule has 1 aliphatic carbocycles. The van der Waals surface area contributed by atoms with E-state index in [4.69, 9.17) is 17.0 Å². The summed E-state index contributed by atoms with van der Waals surface area (Å²) in [6.07, 6.45) is 4.17. The molecule has 0 saturated heterocycles. The van der Waals surface area contributed by atoms with Gasteiger partial charge in [-0.05, 0) is 67.4 Å². The van der Waals surface area contributed by atoms with Crippen molar-refractivity contribution in [3.8, 4) is 0 Å². The lowest BCUT2D eigenvalue weighted by Gasteiger charge is -2.18. The monoisotopic (exact) mass is 416 g/mol. The van der Waals surface area contributed by atoms with Crippen LogP contribution in [0.25, 0.3) is 0 Å². The Labute approximate surface area is 176 Å². The number of thiophene rings is 1. The Morgan fingerprint density at radius 3 is 2.54 bits per heavy atom. The molecule has 0 aliphatic heterocycles. The van der Waals surface area contributed by atoms with Gasteiger partial charge in [-0.15, -0.1) is 11.3 Å². The molecule has 0 saturated carbocycles. The fraction of sp³-hybridized carbons (Fsp3) is 0.455. The maximum atomic E-state index is 12.3. The van der Waals surface area contributed by atoms with Gasteiger partial charge in [0.15, 0.2) is 5.11 Å². The number of rotatable bonds is 6. The van der Waals surface area contributed by atoms with Crippen molar-refractivity contribution in [2.45, 2.75) is 58.4 Å². The van der Waals surface area contributed by atoms with E-state index >= 15 is 0 Å². The molecule has 2 atom stereocenters. The van der Waals surface area contributed by atoms with Crippen LogP contribution in [0.4, 0.5) is 5.00 Å². The largest absolute Gasteiger partial charge is 0.465 e. The maximum absolute atomic E-state index is 12.3. The molecule has 150 valence electrons. The van der Waals surface area contributed by atoms with E-state index in [9.17, 15) is 4.79 Å². The van der Waals surface area contributed by atoms with Crippen LogP contribution in [0.2, 0.25) is 0 Å². The predicted octanol–water partition coefficient (Wildman–Crippen LogP) is 5.58. The number of hydrogen-bond acceptors (Lipinski definition) is 4. The second-order valence-corrected chi connectivity index (χ2v) is 8.86. The molecular formula is C22H28N2O2S2. The highest BCUT2D eigenvalue weighted by molar-refractivity contribution is 7.80. The van der Waals surface area contributed by atoms with Gasteiger partial charge in [0.25, 0.3) is 0 Å². The number of esters is 1. The van der Waals surface area contributed by atoms with Crippen LogP contribution >= 0.6 is 23.6 Å². The fourth-order valence-corrected chi connectivity index (χ4v) is 5.20. The second-order valence-electron chi connectivity index (χ2n) is 7.35. The standard InChI is InChI=1S/C22H28N2O2S2/c1-5-13(2)15-9-11-16(12-10-15)14(3)23-22(27)24-20-19(21(25)26-4)17-7-6-8-18(17)28-20/h9-14H,5-8H2,1-4H3,(H2,23,24,27). The van der Waals surface area contributed by atoms with Crippen LogP contribution in [0.3, 0.4) is 0 Å². The van der Waals surface area contributed by atoms with E-state index in [1.165, 1.54) is 23.1 Å². The Balaban J connectivity index is 1.68. The SMILES string of the molecule is CCC(C)c1ccc(C(C)NC(=S)Nc2sc3c(c2C(=O)OC)CCC3)cc1. The van der Waals surface area contributed by atoms with Crippen molar-refractivity contribution in [1.82, 2.24) is 5.32 Å². The first-order chi connectivity index (χ1) is 13.4. The topological polar surface area (TPSA) is 50.4 Å². The molecule has 0 amide bonds. The Morgan fingerprint density at radius 1 is 1.21 bits per heavy atom. The van der Waals surface area contributed by atoms with Gasteiger partial charge in [-0.25, -0.2) is 4.79 Å². The van der Waals surface area contributed by atoms with Gasteiger partial charge in [-0.2, -0.15) is 0 Å². The van der Waals surface area contributed by atoms with E-state index in [1.807, 2.05) is 0 Å². The number of hydrogen-bond donors (Lipinski definition) is 2. The molecule has 1 aliphatic rings. The number of benzene rings is 1. The van der Waals surface area contributed by atoms with Gasteiger partial charge in [-0.3, -0.25) is 0 Å². The molecule has 0 bridgehead atoms. The molecule has 2 unspecified atom stereocenters. The van der Waals surface area contributed by atoms with Crippen LogP contribution in [-0.2, 0) is 17.6 Å². The number of ether oxygens (including phenoxy) is 1. The summed E-state index contributed by atoms with van der Waals surface area (Å²) in [4.78, 5) is 13.5. The third kappa shape index (κ3) is 4.39. The summed E-state index contributed by atoms with van der Waals surface area (Å²) >= 11 is 7.13. The lowest BCUT2D eigenvalue weighted by atomic mass is 9.96. The van der Waals surface area contributed by atoms with Gasteiger partial charge >= 0.3 is 5.97 Å². The summed E-state index contributed by atoms with van der Waals surface area (Å²) in [5.74, 6) is 0.274. The quantitative estimate of drug-likeness (QED) is 0.475. The summed E-state index contributed by atoms with van der Waals surface area (Å²) in [6.45, 7) is 6.53. The zero-order valence-electron chi connectivity index (χ0n) is 16.9. The Kier molecular flexibility index (Phi) is 6.73. The molecule has 1 heterocycles. The number of nitrogens with one attached hydrogen (secondary N) is 2.